The number of benzene rings is 1. The SMILES string of the molecule is COc1ccc(-c2noc(CCC(=O)N3CCNC(C)C3C)n2)cc1.Cl. The fourth-order valence-electron chi connectivity index (χ4n) is 2.98. The van der Waals surface area contributed by atoms with Gasteiger partial charge in [0.2, 0.25) is 17.6 Å². The first-order chi connectivity index (χ1) is 12.1. The molecule has 0 saturated carbocycles. The zero-order chi connectivity index (χ0) is 17.8. The van der Waals surface area contributed by atoms with Gasteiger partial charge in [-0.15, -0.1) is 12.4 Å². The van der Waals surface area contributed by atoms with Crippen molar-refractivity contribution in [1.82, 2.24) is 20.4 Å². The van der Waals surface area contributed by atoms with Gasteiger partial charge in [-0.25, -0.2) is 0 Å². The van der Waals surface area contributed by atoms with Gasteiger partial charge in [-0.05, 0) is 38.1 Å². The molecule has 1 N–H and O–H groups in total. The number of aromatic nitrogens is 2. The second-order valence-corrected chi connectivity index (χ2v) is 6.31. The van der Waals surface area contributed by atoms with Crippen LogP contribution in [0.4, 0.5) is 0 Å². The molecule has 0 radical (unpaired) electrons. The lowest BCUT2D eigenvalue weighted by atomic mass is 10.1. The molecule has 2 unspecified atom stereocenters. The molecule has 2 aromatic rings. The number of ether oxygens (including phenoxy) is 1. The maximum atomic E-state index is 12.5. The predicted octanol–water partition coefficient (Wildman–Crippen LogP) is 2.31. The first-order valence-electron chi connectivity index (χ1n) is 8.58. The Labute approximate surface area is 159 Å². The second kappa shape index (κ2) is 9.00. The molecule has 142 valence electrons. The topological polar surface area (TPSA) is 80.5 Å². The average molecular weight is 381 g/mol. The fraction of sp³-hybridized carbons (Fsp3) is 0.500. The van der Waals surface area contributed by atoms with Crippen LogP contribution in [0.1, 0.15) is 26.2 Å². The molecule has 1 aliphatic heterocycles. The normalized spacial score (nSPS) is 19.7. The van der Waals surface area contributed by atoms with Gasteiger partial charge in [0.15, 0.2) is 0 Å². The van der Waals surface area contributed by atoms with Gasteiger partial charge in [0.05, 0.1) is 7.11 Å². The minimum absolute atomic E-state index is 0. The van der Waals surface area contributed by atoms with Crippen LogP contribution in [0, 0.1) is 0 Å². The number of methoxy groups -OCH3 is 1. The van der Waals surface area contributed by atoms with Gasteiger partial charge in [-0.1, -0.05) is 5.16 Å². The summed E-state index contributed by atoms with van der Waals surface area (Å²) in [5.74, 6) is 1.91. The maximum absolute atomic E-state index is 12.5. The molecule has 1 fully saturated rings. The van der Waals surface area contributed by atoms with Gasteiger partial charge < -0.3 is 19.5 Å². The molecule has 8 heteroatoms. The van der Waals surface area contributed by atoms with Crippen molar-refractivity contribution in [2.75, 3.05) is 20.2 Å². The third-order valence-electron chi connectivity index (χ3n) is 4.72. The first kappa shape index (κ1) is 20.2. The van der Waals surface area contributed by atoms with Crippen LogP contribution in [0.5, 0.6) is 5.75 Å². The monoisotopic (exact) mass is 380 g/mol. The van der Waals surface area contributed by atoms with Crippen LogP contribution in [-0.2, 0) is 11.2 Å². The molecule has 2 atom stereocenters. The van der Waals surface area contributed by atoms with Gasteiger partial charge >= 0.3 is 0 Å². The van der Waals surface area contributed by atoms with Crippen LogP contribution < -0.4 is 10.1 Å². The summed E-state index contributed by atoms with van der Waals surface area (Å²) < 4.78 is 10.4. The highest BCUT2D eigenvalue weighted by Crippen LogP contribution is 2.20. The summed E-state index contributed by atoms with van der Waals surface area (Å²) >= 11 is 0. The Morgan fingerprint density at radius 1 is 1.35 bits per heavy atom. The van der Waals surface area contributed by atoms with E-state index < -0.39 is 0 Å². The lowest BCUT2D eigenvalue weighted by Gasteiger charge is -2.38. The zero-order valence-corrected chi connectivity index (χ0v) is 16.1. The van der Waals surface area contributed by atoms with E-state index in [4.69, 9.17) is 9.26 Å². The van der Waals surface area contributed by atoms with Gasteiger partial charge in [0, 0.05) is 43.6 Å². The van der Waals surface area contributed by atoms with Crippen LogP contribution in [0.15, 0.2) is 28.8 Å². The molecular weight excluding hydrogens is 356 g/mol. The third kappa shape index (κ3) is 4.53. The van der Waals surface area contributed by atoms with E-state index in [1.54, 1.807) is 7.11 Å². The van der Waals surface area contributed by atoms with Crippen molar-refractivity contribution < 1.29 is 14.1 Å². The number of nitrogens with one attached hydrogen (secondary N) is 1. The summed E-state index contributed by atoms with van der Waals surface area (Å²) in [6.45, 7) is 5.75. The molecule has 1 aliphatic rings. The molecule has 1 aromatic heterocycles. The minimum Gasteiger partial charge on any atom is -0.497 e. The molecule has 0 aliphatic carbocycles. The summed E-state index contributed by atoms with van der Waals surface area (Å²) in [5.41, 5.74) is 0.853. The first-order valence-corrected chi connectivity index (χ1v) is 8.58. The highest BCUT2D eigenvalue weighted by atomic mass is 35.5. The summed E-state index contributed by atoms with van der Waals surface area (Å²) in [6, 6.07) is 7.95. The fourth-order valence-corrected chi connectivity index (χ4v) is 2.98. The number of carbonyl (C=O) groups is 1. The second-order valence-electron chi connectivity index (χ2n) is 6.31. The summed E-state index contributed by atoms with van der Waals surface area (Å²) in [6.07, 6.45) is 0.828. The molecule has 0 bridgehead atoms. The zero-order valence-electron chi connectivity index (χ0n) is 15.3. The number of hydrogen-bond acceptors (Lipinski definition) is 6. The quantitative estimate of drug-likeness (QED) is 0.857. The van der Waals surface area contributed by atoms with E-state index >= 15 is 0 Å². The maximum Gasteiger partial charge on any atom is 0.227 e. The number of aryl methyl sites for hydroxylation is 1. The Balaban J connectivity index is 0.00000243. The average Bonchev–Trinajstić information content (AvgIpc) is 3.11. The Bertz CT molecular complexity index is 719. The summed E-state index contributed by atoms with van der Waals surface area (Å²) in [4.78, 5) is 18.8. The van der Waals surface area contributed by atoms with E-state index in [0.717, 1.165) is 24.4 Å². The van der Waals surface area contributed by atoms with Gasteiger partial charge in [0.1, 0.15) is 5.75 Å². The van der Waals surface area contributed by atoms with Gasteiger partial charge in [0.25, 0.3) is 0 Å². The van der Waals surface area contributed by atoms with Crippen molar-refractivity contribution in [3.63, 3.8) is 0 Å². The van der Waals surface area contributed by atoms with Crippen LogP contribution >= 0.6 is 12.4 Å². The smallest absolute Gasteiger partial charge is 0.227 e. The highest BCUT2D eigenvalue weighted by Gasteiger charge is 2.27. The highest BCUT2D eigenvalue weighted by molar-refractivity contribution is 5.85. The molecular formula is C18H25ClN4O3. The Morgan fingerprint density at radius 3 is 2.77 bits per heavy atom. The van der Waals surface area contributed by atoms with Crippen LogP contribution in [0.2, 0.25) is 0 Å². The van der Waals surface area contributed by atoms with Crippen LogP contribution in [-0.4, -0.2) is 53.2 Å². The van der Waals surface area contributed by atoms with Crippen molar-refractivity contribution in [2.45, 2.75) is 38.8 Å². The van der Waals surface area contributed by atoms with E-state index in [-0.39, 0.29) is 24.4 Å². The minimum atomic E-state index is 0. The number of carbonyl (C=O) groups excluding carboxylic acids is 1. The van der Waals surface area contributed by atoms with Crippen molar-refractivity contribution in [1.29, 1.82) is 0 Å². The summed E-state index contributed by atoms with van der Waals surface area (Å²) in [5, 5.41) is 7.37. The molecule has 7 nitrogen and oxygen atoms in total. The number of amides is 1. The van der Waals surface area contributed by atoms with Crippen molar-refractivity contribution in [2.24, 2.45) is 0 Å². The summed E-state index contributed by atoms with van der Waals surface area (Å²) in [7, 11) is 1.62. The van der Waals surface area contributed by atoms with Crippen LogP contribution in [0.3, 0.4) is 0 Å². The van der Waals surface area contributed by atoms with Crippen LogP contribution in [0.25, 0.3) is 11.4 Å². The molecule has 26 heavy (non-hydrogen) atoms. The Kier molecular flexibility index (Phi) is 6.99. The van der Waals surface area contributed by atoms with Crippen molar-refractivity contribution in [3.8, 4) is 17.1 Å². The molecule has 1 saturated heterocycles. The number of nitrogens with zero attached hydrogens (tertiary/aromatic N) is 3. The third-order valence-corrected chi connectivity index (χ3v) is 4.72. The Morgan fingerprint density at radius 2 is 2.08 bits per heavy atom. The molecule has 1 aromatic carbocycles. The number of halogens is 1. The largest absolute Gasteiger partial charge is 0.497 e. The van der Waals surface area contributed by atoms with E-state index in [9.17, 15) is 4.79 Å². The number of rotatable bonds is 5. The van der Waals surface area contributed by atoms with E-state index in [0.29, 0.717) is 30.6 Å². The van der Waals surface area contributed by atoms with Crippen molar-refractivity contribution >= 4 is 18.3 Å². The Hall–Kier alpha value is -2.12. The van der Waals surface area contributed by atoms with Gasteiger partial charge in [-0.3, -0.25) is 4.79 Å². The number of hydrogen-bond donors (Lipinski definition) is 1. The molecule has 1 amide bonds. The lowest BCUT2D eigenvalue weighted by molar-refractivity contribution is -0.134. The molecule has 2 heterocycles. The predicted molar refractivity (Wildman–Crippen MR) is 100 cm³/mol. The molecule has 3 rings (SSSR count). The number of piperazine rings is 1. The van der Waals surface area contributed by atoms with Crippen molar-refractivity contribution in [3.05, 3.63) is 30.2 Å². The van der Waals surface area contributed by atoms with Gasteiger partial charge in [-0.2, -0.15) is 4.98 Å². The van der Waals surface area contributed by atoms with E-state index in [1.165, 1.54) is 0 Å². The lowest BCUT2D eigenvalue weighted by Crippen LogP contribution is -2.57. The molecule has 0 spiro atoms. The van der Waals surface area contributed by atoms with E-state index in [2.05, 4.69) is 29.3 Å². The van der Waals surface area contributed by atoms with E-state index in [1.807, 2.05) is 29.2 Å². The standard InChI is InChI=1S/C18H24N4O3.ClH/c1-12-13(2)22(11-10-19-12)17(23)9-8-16-20-18(21-25-16)14-4-6-15(24-3)7-5-14;/h4-7,12-13,19H,8-11H2,1-3H3;1H.